The van der Waals surface area contributed by atoms with E-state index >= 15 is 0 Å². The molecule has 0 fully saturated rings. The van der Waals surface area contributed by atoms with Gasteiger partial charge in [-0.2, -0.15) is 0 Å². The third kappa shape index (κ3) is 15.3. The highest BCUT2D eigenvalue weighted by molar-refractivity contribution is 5.83. The van der Waals surface area contributed by atoms with Gasteiger partial charge in [-0.3, -0.25) is 9.79 Å². The molecule has 0 radical (unpaired) electrons. The first kappa shape index (κ1) is 29.9. The number of carbonyl (C=O) groups excluding carboxylic acids is 1. The molecule has 6 N–H and O–H groups in total. The SMILES string of the molecule is CN(C)CCCN.CN(C)CCCN=Cc1ccc(O)cc1O.O=Cc1ccc(O)cc1O. The Bertz CT molecular complexity index is 842. The van der Waals surface area contributed by atoms with Crippen LogP contribution in [0.1, 0.15) is 28.8 Å². The molecule has 0 aliphatic carbocycles. The van der Waals surface area contributed by atoms with Crippen molar-refractivity contribution in [3.05, 3.63) is 47.5 Å². The number of nitrogens with two attached hydrogens (primary N) is 1. The van der Waals surface area contributed by atoms with Crippen LogP contribution in [0.3, 0.4) is 0 Å². The van der Waals surface area contributed by atoms with Crippen molar-refractivity contribution >= 4 is 12.5 Å². The van der Waals surface area contributed by atoms with Gasteiger partial charge in [0.25, 0.3) is 0 Å². The average Bonchev–Trinajstić information content (AvgIpc) is 2.74. The van der Waals surface area contributed by atoms with Crippen molar-refractivity contribution in [1.29, 1.82) is 0 Å². The second kappa shape index (κ2) is 17.4. The van der Waals surface area contributed by atoms with Crippen molar-refractivity contribution in [2.24, 2.45) is 10.7 Å². The number of aromatic hydroxyl groups is 4. The summed E-state index contributed by atoms with van der Waals surface area (Å²) in [7, 11) is 8.15. The summed E-state index contributed by atoms with van der Waals surface area (Å²) in [4.78, 5) is 18.5. The van der Waals surface area contributed by atoms with E-state index in [-0.39, 0.29) is 28.6 Å². The van der Waals surface area contributed by atoms with Gasteiger partial charge in [0, 0.05) is 30.5 Å². The number of carbonyl (C=O) groups is 1. The maximum Gasteiger partial charge on any atom is 0.153 e. The van der Waals surface area contributed by atoms with Crippen LogP contribution in [0.2, 0.25) is 0 Å². The Balaban J connectivity index is 0.000000514. The van der Waals surface area contributed by atoms with Gasteiger partial charge in [0.05, 0.1) is 5.56 Å². The molecule has 0 aromatic heterocycles. The van der Waals surface area contributed by atoms with Gasteiger partial charge < -0.3 is 36.0 Å². The van der Waals surface area contributed by atoms with Gasteiger partial charge in [-0.15, -0.1) is 0 Å². The van der Waals surface area contributed by atoms with E-state index in [0.29, 0.717) is 11.8 Å². The summed E-state index contributed by atoms with van der Waals surface area (Å²) >= 11 is 0. The van der Waals surface area contributed by atoms with Crippen LogP contribution in [0.15, 0.2) is 41.4 Å². The zero-order valence-corrected chi connectivity index (χ0v) is 20.0. The second-order valence-electron chi connectivity index (χ2n) is 7.74. The largest absolute Gasteiger partial charge is 0.508 e. The van der Waals surface area contributed by atoms with Crippen LogP contribution in [0.5, 0.6) is 23.0 Å². The fourth-order valence-electron chi connectivity index (χ4n) is 2.32. The molecule has 9 nitrogen and oxygen atoms in total. The Hall–Kier alpha value is -3.14. The van der Waals surface area contributed by atoms with E-state index in [9.17, 15) is 9.90 Å². The zero-order valence-electron chi connectivity index (χ0n) is 20.0. The molecule has 2 aromatic rings. The number of aldehydes is 1. The normalized spacial score (nSPS) is 10.5. The minimum Gasteiger partial charge on any atom is -0.508 e. The van der Waals surface area contributed by atoms with Gasteiger partial charge in [0.15, 0.2) is 6.29 Å². The molecule has 0 spiro atoms. The van der Waals surface area contributed by atoms with E-state index in [0.717, 1.165) is 45.1 Å². The van der Waals surface area contributed by atoms with Crippen molar-refractivity contribution in [2.75, 3.05) is 54.4 Å². The number of phenolic OH excluding ortho intramolecular Hbond substituents is 4. The lowest BCUT2D eigenvalue weighted by Gasteiger charge is -2.06. The maximum atomic E-state index is 10.1. The van der Waals surface area contributed by atoms with Gasteiger partial charge in [-0.05, 0) is 84.9 Å². The van der Waals surface area contributed by atoms with E-state index < -0.39 is 0 Å². The van der Waals surface area contributed by atoms with Crippen LogP contribution in [-0.4, -0.2) is 97.1 Å². The predicted molar refractivity (Wildman–Crippen MR) is 133 cm³/mol. The summed E-state index contributed by atoms with van der Waals surface area (Å²) < 4.78 is 0. The number of aliphatic imine (C=N–C) groups is 1. The first-order valence-electron chi connectivity index (χ1n) is 10.6. The summed E-state index contributed by atoms with van der Waals surface area (Å²) in [6, 6.07) is 8.27. The fraction of sp³-hybridized carbons (Fsp3) is 0.417. The standard InChI is InChI=1S/C12H18N2O2.C7H6O3.C5H14N2/c1-14(2)7-3-6-13-9-10-4-5-11(15)8-12(10)16;8-4-5-1-2-6(9)3-7(5)10;1-7(2)5-3-4-6/h4-5,8-9,15-16H,3,6-7H2,1-2H3;1-4,9-10H;3-6H2,1-2H3. The highest BCUT2D eigenvalue weighted by atomic mass is 16.3. The van der Waals surface area contributed by atoms with Crippen molar-refractivity contribution in [3.63, 3.8) is 0 Å². The molecule has 0 bridgehead atoms. The maximum absolute atomic E-state index is 10.1. The highest BCUT2D eigenvalue weighted by Gasteiger charge is 1.99. The molecule has 0 saturated carbocycles. The zero-order chi connectivity index (χ0) is 25.2. The van der Waals surface area contributed by atoms with E-state index in [1.54, 1.807) is 12.3 Å². The monoisotopic (exact) mass is 462 g/mol. The molecule has 184 valence electrons. The van der Waals surface area contributed by atoms with Crippen molar-refractivity contribution in [2.45, 2.75) is 12.8 Å². The van der Waals surface area contributed by atoms with Crippen LogP contribution in [0.25, 0.3) is 0 Å². The first-order valence-corrected chi connectivity index (χ1v) is 10.6. The third-order valence-corrected chi connectivity index (χ3v) is 4.09. The molecule has 9 heteroatoms. The topological polar surface area (TPSA) is 143 Å². The van der Waals surface area contributed by atoms with E-state index in [1.807, 2.05) is 14.1 Å². The summed E-state index contributed by atoms with van der Waals surface area (Å²) in [5.74, 6) is -0.142. The van der Waals surface area contributed by atoms with E-state index in [4.69, 9.17) is 21.1 Å². The van der Waals surface area contributed by atoms with Gasteiger partial charge in [-0.1, -0.05) is 0 Å². The molecule has 33 heavy (non-hydrogen) atoms. The molecule has 2 rings (SSSR count). The van der Waals surface area contributed by atoms with E-state index in [2.05, 4.69) is 28.9 Å². The molecule has 0 aliphatic rings. The minimum absolute atomic E-state index is 0.0522. The number of phenols is 4. The van der Waals surface area contributed by atoms with Gasteiger partial charge in [0.1, 0.15) is 23.0 Å². The molecule has 0 aliphatic heterocycles. The number of rotatable bonds is 9. The molecule has 2 aromatic carbocycles. The van der Waals surface area contributed by atoms with Crippen molar-refractivity contribution in [3.8, 4) is 23.0 Å². The summed E-state index contributed by atoms with van der Waals surface area (Å²) in [6.45, 7) is 3.64. The first-order chi connectivity index (χ1) is 15.6. The van der Waals surface area contributed by atoms with E-state index in [1.165, 1.54) is 24.3 Å². The molecule has 0 amide bonds. The predicted octanol–water partition coefficient (Wildman–Crippen LogP) is 2.28. The number of hydrogen-bond acceptors (Lipinski definition) is 9. The molecule has 0 unspecified atom stereocenters. The minimum atomic E-state index is -0.199. The molecule has 0 saturated heterocycles. The Morgan fingerprint density at radius 3 is 1.70 bits per heavy atom. The quantitative estimate of drug-likeness (QED) is 0.217. The smallest absolute Gasteiger partial charge is 0.153 e. The van der Waals surface area contributed by atoms with Gasteiger partial charge >= 0.3 is 0 Å². The number of hydrogen-bond donors (Lipinski definition) is 5. The lowest BCUT2D eigenvalue weighted by molar-refractivity contribution is 0.112. The van der Waals surface area contributed by atoms with Crippen LogP contribution >= 0.6 is 0 Å². The van der Waals surface area contributed by atoms with Gasteiger partial charge in [-0.25, -0.2) is 0 Å². The summed E-state index contributed by atoms with van der Waals surface area (Å²) in [5.41, 5.74) is 6.06. The molecular formula is C24H38N4O5. The second-order valence-corrected chi connectivity index (χ2v) is 7.74. The highest BCUT2D eigenvalue weighted by Crippen LogP contribution is 2.21. The molecule has 0 atom stereocenters. The lowest BCUT2D eigenvalue weighted by atomic mass is 10.2. The fourth-order valence-corrected chi connectivity index (χ4v) is 2.32. The van der Waals surface area contributed by atoms with Crippen molar-refractivity contribution < 1.29 is 25.2 Å². The van der Waals surface area contributed by atoms with Crippen LogP contribution in [0, 0.1) is 0 Å². The van der Waals surface area contributed by atoms with Crippen LogP contribution in [0.4, 0.5) is 0 Å². The summed E-state index contributed by atoms with van der Waals surface area (Å²) in [5, 5.41) is 36.2. The Morgan fingerprint density at radius 2 is 1.30 bits per heavy atom. The number of benzene rings is 2. The Labute approximate surface area is 196 Å². The Morgan fingerprint density at radius 1 is 0.818 bits per heavy atom. The van der Waals surface area contributed by atoms with Crippen molar-refractivity contribution in [1.82, 2.24) is 9.80 Å². The molecular weight excluding hydrogens is 424 g/mol. The van der Waals surface area contributed by atoms with Crippen LogP contribution in [-0.2, 0) is 0 Å². The molecule has 0 heterocycles. The Kier molecular flexibility index (Phi) is 15.8. The van der Waals surface area contributed by atoms with Gasteiger partial charge in [0.2, 0.25) is 0 Å². The third-order valence-electron chi connectivity index (χ3n) is 4.09. The average molecular weight is 463 g/mol. The lowest BCUT2D eigenvalue weighted by Crippen LogP contribution is -2.16. The number of nitrogens with zero attached hydrogens (tertiary/aromatic N) is 3. The summed E-state index contributed by atoms with van der Waals surface area (Å²) in [6.07, 6.45) is 4.24. The van der Waals surface area contributed by atoms with Crippen LogP contribution < -0.4 is 5.73 Å².